The van der Waals surface area contributed by atoms with E-state index in [0.29, 0.717) is 0 Å². The lowest BCUT2D eigenvalue weighted by atomic mass is 9.95. The zero-order chi connectivity index (χ0) is 20.4. The lowest BCUT2D eigenvalue weighted by molar-refractivity contribution is 0.414. The molecule has 0 amide bonds. The molecule has 0 spiro atoms. The molecule has 2 heterocycles. The maximum Gasteiger partial charge on any atom is 0.119 e. The van der Waals surface area contributed by atoms with Gasteiger partial charge < -0.3 is 9.30 Å². The van der Waals surface area contributed by atoms with Crippen LogP contribution in [0.3, 0.4) is 0 Å². The van der Waals surface area contributed by atoms with Gasteiger partial charge in [-0.3, -0.25) is 0 Å². The van der Waals surface area contributed by atoms with Gasteiger partial charge in [0.2, 0.25) is 0 Å². The number of aromatic nitrogens is 2. The second-order valence-electron chi connectivity index (χ2n) is 8.11. The van der Waals surface area contributed by atoms with Gasteiger partial charge in [0.05, 0.1) is 23.5 Å². The summed E-state index contributed by atoms with van der Waals surface area (Å²) in [4.78, 5) is 4.77. The van der Waals surface area contributed by atoms with E-state index in [-0.39, 0.29) is 1.43 Å². The van der Waals surface area contributed by atoms with Crippen molar-refractivity contribution in [3.63, 3.8) is 0 Å². The first-order valence-corrected chi connectivity index (χ1v) is 11.4. The topological polar surface area (TPSA) is 27.1 Å². The molecule has 154 valence electrons. The minimum absolute atomic E-state index is 0. The van der Waals surface area contributed by atoms with E-state index in [9.17, 15) is 0 Å². The van der Waals surface area contributed by atoms with Gasteiger partial charge in [-0.15, -0.1) is 11.3 Å². The smallest absolute Gasteiger partial charge is 0.119 e. The van der Waals surface area contributed by atoms with Gasteiger partial charge in [-0.2, -0.15) is 0 Å². The van der Waals surface area contributed by atoms with Crippen LogP contribution in [0.4, 0.5) is 0 Å². The zero-order valence-corrected chi connectivity index (χ0v) is 18.5. The second-order valence-corrected chi connectivity index (χ2v) is 9.17. The van der Waals surface area contributed by atoms with E-state index < -0.39 is 0 Å². The maximum absolute atomic E-state index is 5.34. The van der Waals surface area contributed by atoms with Crippen molar-refractivity contribution in [2.45, 2.75) is 52.4 Å². The molecule has 1 fully saturated rings. The van der Waals surface area contributed by atoms with Crippen molar-refractivity contribution in [1.82, 2.24) is 9.55 Å². The summed E-state index contributed by atoms with van der Waals surface area (Å²) in [7, 11) is 1.70. The fourth-order valence-corrected chi connectivity index (χ4v) is 5.12. The van der Waals surface area contributed by atoms with Gasteiger partial charge in [-0.05, 0) is 74.1 Å². The summed E-state index contributed by atoms with van der Waals surface area (Å²) in [5.41, 5.74) is 7.02. The number of ether oxygens (including phenoxy) is 1. The van der Waals surface area contributed by atoms with Crippen molar-refractivity contribution in [3.8, 4) is 22.8 Å². The van der Waals surface area contributed by atoms with Crippen molar-refractivity contribution in [2.24, 2.45) is 5.92 Å². The number of benzene rings is 1. The van der Waals surface area contributed by atoms with E-state index in [4.69, 9.17) is 9.72 Å². The van der Waals surface area contributed by atoms with Crippen molar-refractivity contribution in [2.75, 3.05) is 7.11 Å². The van der Waals surface area contributed by atoms with Crippen molar-refractivity contribution in [1.29, 1.82) is 0 Å². The third-order valence-electron chi connectivity index (χ3n) is 6.17. The fraction of sp³-hybridized carbons (Fsp3) is 0.400. The summed E-state index contributed by atoms with van der Waals surface area (Å²) < 4.78 is 7.65. The maximum atomic E-state index is 5.34. The molecular formula is C25H32N2OS. The summed E-state index contributed by atoms with van der Waals surface area (Å²) in [5.74, 6) is 1.75. The number of allylic oxidation sites excluding steroid dienone is 1. The van der Waals surface area contributed by atoms with Gasteiger partial charge in [-0.25, -0.2) is 4.98 Å². The molecule has 0 saturated heterocycles. The Hall–Kier alpha value is -2.33. The quantitative estimate of drug-likeness (QED) is 0.406. The molecule has 0 radical (unpaired) electrons. The van der Waals surface area contributed by atoms with E-state index in [2.05, 4.69) is 48.6 Å². The normalized spacial score (nSPS) is 14.4. The minimum atomic E-state index is 0. The van der Waals surface area contributed by atoms with Crippen LogP contribution in [0.5, 0.6) is 5.75 Å². The van der Waals surface area contributed by atoms with Gasteiger partial charge in [-0.1, -0.05) is 32.3 Å². The molecule has 2 aromatic heterocycles. The predicted molar refractivity (Wildman–Crippen MR) is 125 cm³/mol. The Labute approximate surface area is 179 Å². The Balaban J connectivity index is 0.00000256. The Morgan fingerprint density at radius 3 is 2.59 bits per heavy atom. The van der Waals surface area contributed by atoms with Crippen LogP contribution in [0.2, 0.25) is 0 Å². The first-order chi connectivity index (χ1) is 14.1. The summed E-state index contributed by atoms with van der Waals surface area (Å²) in [6.07, 6.45) is 7.92. The van der Waals surface area contributed by atoms with Gasteiger partial charge in [0.1, 0.15) is 5.75 Å². The first kappa shape index (κ1) is 20.0. The SMILES string of the molecule is C=C(CCC1CCCC1)c1cc(-c2csc(C)n2)n(-c2ccc(OC)cc2)c1C.[HH]. The van der Waals surface area contributed by atoms with E-state index in [0.717, 1.165) is 40.2 Å². The number of rotatable bonds is 7. The summed E-state index contributed by atoms with van der Waals surface area (Å²) >= 11 is 1.69. The third kappa shape index (κ3) is 4.18. The Bertz CT molecular complexity index is 997. The van der Waals surface area contributed by atoms with Crippen LogP contribution in [0, 0.1) is 19.8 Å². The predicted octanol–water partition coefficient (Wildman–Crippen LogP) is 7.46. The van der Waals surface area contributed by atoms with Crippen LogP contribution in [-0.2, 0) is 0 Å². The molecule has 0 bridgehead atoms. The average molecular weight is 409 g/mol. The van der Waals surface area contributed by atoms with E-state index in [1.807, 2.05) is 12.1 Å². The van der Waals surface area contributed by atoms with Crippen molar-refractivity contribution in [3.05, 3.63) is 58.6 Å². The minimum Gasteiger partial charge on any atom is -0.497 e. The molecule has 0 atom stereocenters. The Kier molecular flexibility index (Phi) is 5.91. The molecule has 4 rings (SSSR count). The highest BCUT2D eigenvalue weighted by Gasteiger charge is 2.20. The zero-order valence-electron chi connectivity index (χ0n) is 17.7. The van der Waals surface area contributed by atoms with E-state index in [1.165, 1.54) is 48.9 Å². The number of hydrogen-bond donors (Lipinski definition) is 0. The molecule has 1 aliphatic carbocycles. The third-order valence-corrected chi connectivity index (χ3v) is 6.94. The molecule has 1 aliphatic rings. The standard InChI is InChI=1S/C25H30N2OS.H2/c1-17(9-10-20-7-5-6-8-20)23-15-25(24-16-29-19(3)26-24)27(18(23)2)21-11-13-22(28-4)14-12-21;/h11-16,20H,1,5-10H2,2-4H3;1H. The van der Waals surface area contributed by atoms with Crippen LogP contribution in [0.1, 0.15) is 56.2 Å². The Morgan fingerprint density at radius 2 is 1.97 bits per heavy atom. The largest absolute Gasteiger partial charge is 0.497 e. The van der Waals surface area contributed by atoms with Crippen LogP contribution < -0.4 is 4.74 Å². The molecule has 0 unspecified atom stereocenters. The Morgan fingerprint density at radius 1 is 1.24 bits per heavy atom. The fourth-order valence-electron chi connectivity index (χ4n) is 4.51. The molecule has 29 heavy (non-hydrogen) atoms. The van der Waals surface area contributed by atoms with E-state index in [1.54, 1.807) is 18.4 Å². The molecule has 3 nitrogen and oxygen atoms in total. The van der Waals surface area contributed by atoms with Crippen LogP contribution in [0.25, 0.3) is 22.6 Å². The molecule has 3 aromatic rings. The second kappa shape index (κ2) is 8.58. The van der Waals surface area contributed by atoms with Crippen molar-refractivity contribution < 1.29 is 6.16 Å². The molecular weight excluding hydrogens is 376 g/mol. The van der Waals surface area contributed by atoms with Crippen LogP contribution >= 0.6 is 11.3 Å². The molecule has 0 N–H and O–H groups in total. The van der Waals surface area contributed by atoms with Crippen molar-refractivity contribution >= 4 is 16.9 Å². The molecule has 1 aromatic carbocycles. The highest BCUT2D eigenvalue weighted by Crippen LogP contribution is 2.36. The summed E-state index contributed by atoms with van der Waals surface area (Å²) in [6.45, 7) is 8.73. The number of aryl methyl sites for hydroxylation is 1. The van der Waals surface area contributed by atoms with Gasteiger partial charge in [0.25, 0.3) is 0 Å². The lowest BCUT2D eigenvalue weighted by Crippen LogP contribution is -2.00. The number of thiazole rings is 1. The highest BCUT2D eigenvalue weighted by molar-refractivity contribution is 7.09. The number of hydrogen-bond acceptors (Lipinski definition) is 3. The molecule has 1 saturated carbocycles. The van der Waals surface area contributed by atoms with Gasteiger partial charge in [0, 0.05) is 18.2 Å². The van der Waals surface area contributed by atoms with Gasteiger partial charge >= 0.3 is 0 Å². The lowest BCUT2D eigenvalue weighted by Gasteiger charge is -2.13. The monoisotopic (exact) mass is 408 g/mol. The van der Waals surface area contributed by atoms with Gasteiger partial charge in [0.15, 0.2) is 0 Å². The average Bonchev–Trinajstić information content (AvgIpc) is 3.46. The number of methoxy groups -OCH3 is 1. The molecule has 0 aliphatic heterocycles. The highest BCUT2D eigenvalue weighted by atomic mass is 32.1. The summed E-state index contributed by atoms with van der Waals surface area (Å²) in [6, 6.07) is 10.5. The number of nitrogens with zero attached hydrogens (tertiary/aromatic N) is 2. The molecule has 4 heteroatoms. The van der Waals surface area contributed by atoms with E-state index >= 15 is 0 Å². The first-order valence-electron chi connectivity index (χ1n) is 10.5. The van der Waals surface area contributed by atoms with Crippen LogP contribution in [-0.4, -0.2) is 16.7 Å². The van der Waals surface area contributed by atoms with Crippen LogP contribution in [0.15, 0.2) is 42.3 Å². The summed E-state index contributed by atoms with van der Waals surface area (Å²) in [5, 5.41) is 3.23.